The minimum Gasteiger partial charge on any atom is -0.496 e. The molecule has 0 radical (unpaired) electrons. The van der Waals surface area contributed by atoms with Gasteiger partial charge in [-0.3, -0.25) is 4.79 Å². The number of methoxy groups -OCH3 is 2. The number of nitrogens with two attached hydrogens (primary N) is 1. The highest BCUT2D eigenvalue weighted by atomic mass is 16.5. The number of amides is 1. The molecule has 0 heterocycles. The van der Waals surface area contributed by atoms with E-state index in [-0.39, 0.29) is 12.2 Å². The number of benzene rings is 1. The summed E-state index contributed by atoms with van der Waals surface area (Å²) in [4.78, 5) is 23.2. The minimum absolute atomic E-state index is 0.178. The van der Waals surface area contributed by atoms with Gasteiger partial charge in [0.05, 0.1) is 13.7 Å². The molecule has 0 bridgehead atoms. The first-order valence-electron chi connectivity index (χ1n) is 5.94. The van der Waals surface area contributed by atoms with E-state index in [0.29, 0.717) is 24.6 Å². The van der Waals surface area contributed by atoms with Crippen molar-refractivity contribution in [3.05, 3.63) is 23.8 Å². The Balaban J connectivity index is 2.54. The second-order valence-corrected chi connectivity index (χ2v) is 3.88. The molecule has 1 rings (SSSR count). The summed E-state index contributed by atoms with van der Waals surface area (Å²) < 4.78 is 14.7. The smallest absolute Gasteiger partial charge is 0.342 e. The van der Waals surface area contributed by atoms with Crippen LogP contribution in [0.1, 0.15) is 10.4 Å². The number of hydrogen-bond donors (Lipinski definition) is 2. The third-order valence-electron chi connectivity index (χ3n) is 2.41. The van der Waals surface area contributed by atoms with E-state index in [1.807, 2.05) is 0 Å². The van der Waals surface area contributed by atoms with Crippen LogP contribution in [-0.2, 0) is 14.3 Å². The summed E-state index contributed by atoms with van der Waals surface area (Å²) in [6, 6.07) is 4.60. The van der Waals surface area contributed by atoms with Crippen molar-refractivity contribution in [2.24, 2.45) is 0 Å². The molecule has 3 N–H and O–H groups in total. The van der Waals surface area contributed by atoms with Gasteiger partial charge in [-0.05, 0) is 18.2 Å². The molecule has 0 fully saturated rings. The van der Waals surface area contributed by atoms with Crippen molar-refractivity contribution in [2.45, 2.75) is 0 Å². The van der Waals surface area contributed by atoms with E-state index >= 15 is 0 Å². The number of carbonyl (C=O) groups is 2. The lowest BCUT2D eigenvalue weighted by Crippen LogP contribution is -2.31. The van der Waals surface area contributed by atoms with Gasteiger partial charge >= 0.3 is 5.97 Å². The van der Waals surface area contributed by atoms with Crippen LogP contribution in [0.3, 0.4) is 0 Å². The fourth-order valence-corrected chi connectivity index (χ4v) is 1.44. The lowest BCUT2D eigenvalue weighted by Gasteiger charge is -2.09. The third-order valence-corrected chi connectivity index (χ3v) is 2.41. The molecule has 0 aromatic heterocycles. The molecule has 110 valence electrons. The van der Waals surface area contributed by atoms with Crippen LogP contribution in [0.2, 0.25) is 0 Å². The molecule has 7 heteroatoms. The van der Waals surface area contributed by atoms with Crippen molar-refractivity contribution < 1.29 is 23.8 Å². The first kappa shape index (κ1) is 15.8. The van der Waals surface area contributed by atoms with Crippen LogP contribution in [0, 0.1) is 0 Å². The zero-order valence-corrected chi connectivity index (χ0v) is 11.5. The SMILES string of the molecule is COCCNC(=O)COC(=O)c1cc(N)ccc1OC. The maximum atomic E-state index is 11.8. The summed E-state index contributed by atoms with van der Waals surface area (Å²) in [5.74, 6) is -0.738. The molecule has 1 aromatic rings. The molecule has 0 aliphatic heterocycles. The Labute approximate surface area is 117 Å². The maximum Gasteiger partial charge on any atom is 0.342 e. The quantitative estimate of drug-likeness (QED) is 0.421. The van der Waals surface area contributed by atoms with Crippen LogP contribution < -0.4 is 15.8 Å². The van der Waals surface area contributed by atoms with Crippen molar-refractivity contribution in [3.8, 4) is 5.75 Å². The molecule has 0 aliphatic carbocycles. The van der Waals surface area contributed by atoms with Crippen molar-refractivity contribution in [3.63, 3.8) is 0 Å². The monoisotopic (exact) mass is 282 g/mol. The lowest BCUT2D eigenvalue weighted by atomic mass is 10.2. The second-order valence-electron chi connectivity index (χ2n) is 3.88. The Morgan fingerprint density at radius 1 is 1.30 bits per heavy atom. The number of hydrogen-bond acceptors (Lipinski definition) is 6. The van der Waals surface area contributed by atoms with Crippen molar-refractivity contribution in [1.82, 2.24) is 5.32 Å². The molecular formula is C13H18N2O5. The highest BCUT2D eigenvalue weighted by Crippen LogP contribution is 2.21. The number of ether oxygens (including phenoxy) is 3. The van der Waals surface area contributed by atoms with Crippen molar-refractivity contribution in [1.29, 1.82) is 0 Å². The van der Waals surface area contributed by atoms with Crippen molar-refractivity contribution in [2.75, 3.05) is 39.7 Å². The Morgan fingerprint density at radius 2 is 2.05 bits per heavy atom. The predicted molar refractivity (Wildman–Crippen MR) is 72.6 cm³/mol. The molecule has 0 aliphatic rings. The molecule has 0 saturated carbocycles. The van der Waals surface area contributed by atoms with Crippen LogP contribution in [0.25, 0.3) is 0 Å². The molecule has 0 atom stereocenters. The zero-order chi connectivity index (χ0) is 15.0. The van der Waals surface area contributed by atoms with Gasteiger partial charge in [0.15, 0.2) is 6.61 Å². The number of nitrogens with one attached hydrogen (secondary N) is 1. The van der Waals surface area contributed by atoms with Crippen LogP contribution >= 0.6 is 0 Å². The summed E-state index contributed by atoms with van der Waals surface area (Å²) in [5.41, 5.74) is 6.18. The van der Waals surface area contributed by atoms with Crippen LogP contribution in [0.5, 0.6) is 5.75 Å². The van der Waals surface area contributed by atoms with Crippen molar-refractivity contribution >= 4 is 17.6 Å². The van der Waals surface area contributed by atoms with E-state index in [0.717, 1.165) is 0 Å². The van der Waals surface area contributed by atoms with Gasteiger partial charge in [0, 0.05) is 19.3 Å². The van der Waals surface area contributed by atoms with E-state index in [4.69, 9.17) is 19.9 Å². The van der Waals surface area contributed by atoms with E-state index in [2.05, 4.69) is 5.32 Å². The summed E-state index contributed by atoms with van der Waals surface area (Å²) in [6.45, 7) is 0.373. The number of carbonyl (C=O) groups excluding carboxylic acids is 2. The van der Waals surface area contributed by atoms with Crippen LogP contribution in [-0.4, -0.2) is 45.9 Å². The van der Waals surface area contributed by atoms with Crippen LogP contribution in [0.15, 0.2) is 18.2 Å². The topological polar surface area (TPSA) is 99.9 Å². The Bertz CT molecular complexity index is 476. The second kappa shape index (κ2) is 8.00. The Hall–Kier alpha value is -2.28. The highest BCUT2D eigenvalue weighted by molar-refractivity contribution is 5.94. The number of anilines is 1. The molecule has 0 unspecified atom stereocenters. The number of esters is 1. The average molecular weight is 282 g/mol. The van der Waals surface area contributed by atoms with Gasteiger partial charge in [-0.25, -0.2) is 4.79 Å². The average Bonchev–Trinajstić information content (AvgIpc) is 2.45. The molecule has 1 aromatic carbocycles. The molecule has 0 saturated heterocycles. The highest BCUT2D eigenvalue weighted by Gasteiger charge is 2.15. The Kier molecular flexibility index (Phi) is 6.31. The largest absolute Gasteiger partial charge is 0.496 e. The van der Waals surface area contributed by atoms with Gasteiger partial charge in [-0.1, -0.05) is 0 Å². The normalized spacial score (nSPS) is 9.90. The molecule has 7 nitrogen and oxygen atoms in total. The predicted octanol–water partition coefficient (Wildman–Crippen LogP) is 0.197. The first-order chi connectivity index (χ1) is 9.58. The maximum absolute atomic E-state index is 11.8. The standard InChI is InChI=1S/C13H18N2O5/c1-18-6-5-15-12(16)8-20-13(17)10-7-9(14)3-4-11(10)19-2/h3-4,7H,5-6,8,14H2,1-2H3,(H,15,16). The van der Waals surface area contributed by atoms with E-state index in [1.54, 1.807) is 12.1 Å². The summed E-state index contributed by atoms with van der Waals surface area (Å²) in [6.07, 6.45) is 0. The van der Waals surface area contributed by atoms with Gasteiger partial charge in [-0.15, -0.1) is 0 Å². The number of rotatable bonds is 7. The summed E-state index contributed by atoms with van der Waals surface area (Å²) >= 11 is 0. The third kappa shape index (κ3) is 4.77. The molecule has 0 spiro atoms. The van der Waals surface area contributed by atoms with Crippen LogP contribution in [0.4, 0.5) is 5.69 Å². The zero-order valence-electron chi connectivity index (χ0n) is 11.5. The Morgan fingerprint density at radius 3 is 2.70 bits per heavy atom. The fraction of sp³-hybridized carbons (Fsp3) is 0.385. The van der Waals surface area contributed by atoms with Gasteiger partial charge in [-0.2, -0.15) is 0 Å². The molecular weight excluding hydrogens is 264 g/mol. The van der Waals surface area contributed by atoms with E-state index in [9.17, 15) is 9.59 Å². The number of nitrogen functional groups attached to an aromatic ring is 1. The molecule has 1 amide bonds. The first-order valence-corrected chi connectivity index (χ1v) is 5.94. The van der Waals surface area contributed by atoms with E-state index < -0.39 is 11.9 Å². The fourth-order valence-electron chi connectivity index (χ4n) is 1.44. The van der Waals surface area contributed by atoms with Gasteiger partial charge in [0.25, 0.3) is 5.91 Å². The van der Waals surface area contributed by atoms with Gasteiger partial charge in [0.2, 0.25) is 0 Å². The minimum atomic E-state index is -0.670. The van der Waals surface area contributed by atoms with E-state index in [1.165, 1.54) is 20.3 Å². The van der Waals surface area contributed by atoms with Gasteiger partial charge in [0.1, 0.15) is 11.3 Å². The summed E-state index contributed by atoms with van der Waals surface area (Å²) in [7, 11) is 2.96. The lowest BCUT2D eigenvalue weighted by molar-refractivity contribution is -0.124. The molecule has 20 heavy (non-hydrogen) atoms. The summed E-state index contributed by atoms with van der Waals surface area (Å²) in [5, 5.41) is 2.53. The van der Waals surface area contributed by atoms with Gasteiger partial charge < -0.3 is 25.3 Å².